The molecule has 220 valence electrons. The number of aliphatic hydroxyl groups is 1. The standard InChI is InChI=1S/C32H49N5O3/c1-18(2)24-20(38)17-32(26(40)33-27-34-35-36-37(27)8)16-15-30(6)19(25(24)32)9-10-22-29(5)13-12-23(39)28(3,4)21(29)11-14-31(22,30)7/h18-19,21-23,39H,9-17H2,1-8H3,(H,33,34,36,40)/t19-,21+,22-,23+,29+,30-,31-,32-/m1/s1. The molecule has 0 saturated heterocycles. The van der Waals surface area contributed by atoms with Crippen LogP contribution in [-0.2, 0) is 16.6 Å². The molecule has 6 rings (SSSR count). The number of allylic oxidation sites excluding steroid dienone is 1. The summed E-state index contributed by atoms with van der Waals surface area (Å²) in [5, 5.41) is 25.6. The summed E-state index contributed by atoms with van der Waals surface area (Å²) in [5.41, 5.74) is 1.44. The largest absolute Gasteiger partial charge is 0.393 e. The molecule has 4 saturated carbocycles. The molecule has 2 N–H and O–H groups in total. The molecular formula is C32H49N5O3. The van der Waals surface area contributed by atoms with Crippen molar-refractivity contribution in [2.24, 2.45) is 57.8 Å². The fraction of sp³-hybridized carbons (Fsp3) is 0.844. The molecule has 0 spiro atoms. The summed E-state index contributed by atoms with van der Waals surface area (Å²) in [5.74, 6) is 1.70. The number of tetrazole rings is 1. The van der Waals surface area contributed by atoms with Gasteiger partial charge in [-0.3, -0.25) is 14.9 Å². The van der Waals surface area contributed by atoms with Crippen molar-refractivity contribution in [3.05, 3.63) is 11.1 Å². The van der Waals surface area contributed by atoms with E-state index < -0.39 is 5.41 Å². The first-order valence-corrected chi connectivity index (χ1v) is 15.6. The van der Waals surface area contributed by atoms with Crippen LogP contribution >= 0.6 is 0 Å². The second kappa shape index (κ2) is 8.71. The lowest BCUT2D eigenvalue weighted by Gasteiger charge is -2.72. The van der Waals surface area contributed by atoms with E-state index >= 15 is 0 Å². The monoisotopic (exact) mass is 551 g/mol. The van der Waals surface area contributed by atoms with E-state index in [-0.39, 0.29) is 57.7 Å². The van der Waals surface area contributed by atoms with E-state index in [1.165, 1.54) is 4.68 Å². The lowest BCUT2D eigenvalue weighted by atomic mass is 9.33. The summed E-state index contributed by atoms with van der Waals surface area (Å²) in [7, 11) is 1.71. The van der Waals surface area contributed by atoms with Gasteiger partial charge < -0.3 is 5.11 Å². The number of aliphatic hydroxyl groups excluding tert-OH is 1. The number of amides is 1. The van der Waals surface area contributed by atoms with Crippen molar-refractivity contribution in [1.29, 1.82) is 0 Å². The molecule has 0 bridgehead atoms. The van der Waals surface area contributed by atoms with E-state index in [2.05, 4.69) is 69.3 Å². The number of aryl methyl sites for hydroxylation is 1. The van der Waals surface area contributed by atoms with Crippen LogP contribution < -0.4 is 5.32 Å². The van der Waals surface area contributed by atoms with Gasteiger partial charge in [0.15, 0.2) is 5.78 Å². The Morgan fingerprint density at radius 1 is 0.975 bits per heavy atom. The molecule has 1 heterocycles. The fourth-order valence-electron chi connectivity index (χ4n) is 11.4. The van der Waals surface area contributed by atoms with Crippen LogP contribution in [0.25, 0.3) is 0 Å². The molecule has 0 unspecified atom stereocenters. The lowest BCUT2D eigenvalue weighted by Crippen LogP contribution is -2.66. The second-order valence-corrected chi connectivity index (χ2v) is 15.7. The number of ketones is 1. The Hall–Kier alpha value is -2.09. The molecule has 0 aliphatic heterocycles. The maximum absolute atomic E-state index is 14.2. The average molecular weight is 552 g/mol. The summed E-state index contributed by atoms with van der Waals surface area (Å²) in [6.45, 7) is 16.4. The van der Waals surface area contributed by atoms with Gasteiger partial charge in [0.05, 0.1) is 11.5 Å². The Morgan fingerprint density at radius 3 is 2.35 bits per heavy atom. The highest BCUT2D eigenvalue weighted by atomic mass is 16.3. The zero-order valence-electron chi connectivity index (χ0n) is 25.8. The van der Waals surface area contributed by atoms with Crippen molar-refractivity contribution < 1.29 is 14.7 Å². The quantitative estimate of drug-likeness (QED) is 0.514. The molecule has 0 aromatic carbocycles. The molecular weight excluding hydrogens is 502 g/mol. The molecule has 1 amide bonds. The van der Waals surface area contributed by atoms with E-state index in [0.29, 0.717) is 24.2 Å². The predicted molar refractivity (Wildman–Crippen MR) is 153 cm³/mol. The van der Waals surface area contributed by atoms with Gasteiger partial charge >= 0.3 is 0 Å². The van der Waals surface area contributed by atoms with Crippen molar-refractivity contribution in [3.8, 4) is 0 Å². The molecule has 8 nitrogen and oxygen atoms in total. The number of hydrogen-bond acceptors (Lipinski definition) is 6. The SMILES string of the molecule is CC(C)C1=C2[C@H]3CC[C@@H]4[C@@]5(C)CC[C@H](O)C(C)(C)[C@@H]5CC[C@@]4(C)[C@]3(C)CC[C@@]2(C(=O)Nc2nnnn2C)CC1=O. The van der Waals surface area contributed by atoms with Gasteiger partial charge in [0, 0.05) is 13.5 Å². The summed E-state index contributed by atoms with van der Waals surface area (Å²) in [6.07, 6.45) is 8.01. The number of carbonyl (C=O) groups excluding carboxylic acids is 2. The third-order valence-electron chi connectivity index (χ3n) is 13.7. The fourth-order valence-corrected chi connectivity index (χ4v) is 11.4. The van der Waals surface area contributed by atoms with Gasteiger partial charge in [-0.2, -0.15) is 0 Å². The van der Waals surface area contributed by atoms with Gasteiger partial charge in [0.1, 0.15) is 0 Å². The van der Waals surface area contributed by atoms with Crippen LogP contribution in [0.1, 0.15) is 106 Å². The van der Waals surface area contributed by atoms with Crippen molar-refractivity contribution in [3.63, 3.8) is 0 Å². The number of anilines is 1. The number of nitrogens with one attached hydrogen (secondary N) is 1. The molecule has 5 aliphatic carbocycles. The van der Waals surface area contributed by atoms with Gasteiger partial charge in [-0.1, -0.05) is 53.6 Å². The summed E-state index contributed by atoms with van der Waals surface area (Å²) < 4.78 is 1.47. The van der Waals surface area contributed by atoms with Crippen molar-refractivity contribution >= 4 is 17.6 Å². The van der Waals surface area contributed by atoms with Crippen LogP contribution in [-0.4, -0.2) is 43.1 Å². The number of aromatic nitrogens is 4. The predicted octanol–water partition coefficient (Wildman–Crippen LogP) is 5.49. The van der Waals surface area contributed by atoms with Crippen molar-refractivity contribution in [2.75, 3.05) is 5.32 Å². The number of nitrogens with zero attached hydrogens (tertiary/aromatic N) is 4. The molecule has 40 heavy (non-hydrogen) atoms. The number of rotatable bonds is 3. The first kappa shape index (κ1) is 28.0. The number of hydrogen-bond donors (Lipinski definition) is 2. The van der Waals surface area contributed by atoms with Crippen LogP contribution in [0.15, 0.2) is 11.1 Å². The van der Waals surface area contributed by atoms with Crippen LogP contribution in [0.2, 0.25) is 0 Å². The molecule has 8 heteroatoms. The smallest absolute Gasteiger partial charge is 0.249 e. The Kier molecular flexibility index (Phi) is 6.11. The van der Waals surface area contributed by atoms with Gasteiger partial charge in [-0.05, 0) is 118 Å². The van der Waals surface area contributed by atoms with E-state index in [1.807, 2.05) is 0 Å². The van der Waals surface area contributed by atoms with E-state index in [1.54, 1.807) is 7.05 Å². The number of carbonyl (C=O) groups is 2. The van der Waals surface area contributed by atoms with Crippen LogP contribution in [0, 0.1) is 50.7 Å². The van der Waals surface area contributed by atoms with E-state index in [9.17, 15) is 14.7 Å². The first-order valence-electron chi connectivity index (χ1n) is 15.6. The van der Waals surface area contributed by atoms with E-state index in [0.717, 1.165) is 56.1 Å². The number of fused-ring (bicyclic) bond motifs is 7. The minimum atomic E-state index is -0.825. The second-order valence-electron chi connectivity index (χ2n) is 15.7. The average Bonchev–Trinajstić information content (AvgIpc) is 3.42. The summed E-state index contributed by atoms with van der Waals surface area (Å²) in [6, 6.07) is 0. The molecule has 5 aliphatic rings. The third kappa shape index (κ3) is 3.37. The van der Waals surface area contributed by atoms with Gasteiger partial charge in [-0.15, -0.1) is 0 Å². The van der Waals surface area contributed by atoms with E-state index in [4.69, 9.17) is 0 Å². The highest BCUT2D eigenvalue weighted by Gasteiger charge is 2.70. The minimum Gasteiger partial charge on any atom is -0.393 e. The Morgan fingerprint density at radius 2 is 1.70 bits per heavy atom. The third-order valence-corrected chi connectivity index (χ3v) is 13.7. The van der Waals surface area contributed by atoms with Crippen molar-refractivity contribution in [1.82, 2.24) is 20.2 Å². The lowest BCUT2D eigenvalue weighted by molar-refractivity contribution is -0.228. The van der Waals surface area contributed by atoms with Crippen LogP contribution in [0.3, 0.4) is 0 Å². The number of Topliss-reactive ketones (excluding diaryl/α,β-unsaturated/α-hetero) is 1. The highest BCUT2D eigenvalue weighted by Crippen LogP contribution is 2.76. The van der Waals surface area contributed by atoms with Crippen LogP contribution in [0.5, 0.6) is 0 Å². The van der Waals surface area contributed by atoms with Gasteiger partial charge in [0.25, 0.3) is 0 Å². The molecule has 0 radical (unpaired) electrons. The Bertz CT molecular complexity index is 1280. The molecule has 8 atom stereocenters. The molecule has 1 aromatic rings. The highest BCUT2D eigenvalue weighted by molar-refractivity contribution is 6.09. The molecule has 4 fully saturated rings. The van der Waals surface area contributed by atoms with Crippen molar-refractivity contribution in [2.45, 2.75) is 112 Å². The topological polar surface area (TPSA) is 110 Å². The maximum Gasteiger partial charge on any atom is 0.249 e. The van der Waals surface area contributed by atoms with Gasteiger partial charge in [-0.25, -0.2) is 4.68 Å². The Balaban J connectivity index is 1.43. The summed E-state index contributed by atoms with van der Waals surface area (Å²) >= 11 is 0. The summed E-state index contributed by atoms with van der Waals surface area (Å²) in [4.78, 5) is 27.9. The normalized spacial score (nSPS) is 44.1. The Labute approximate surface area is 239 Å². The first-order chi connectivity index (χ1) is 18.6. The molecule has 1 aromatic heterocycles. The maximum atomic E-state index is 14.2. The van der Waals surface area contributed by atoms with Gasteiger partial charge in [0.2, 0.25) is 11.9 Å². The zero-order chi connectivity index (χ0) is 29.0. The minimum absolute atomic E-state index is 0.000308. The van der Waals surface area contributed by atoms with Crippen LogP contribution in [0.4, 0.5) is 5.95 Å². The zero-order valence-corrected chi connectivity index (χ0v) is 25.8.